The summed E-state index contributed by atoms with van der Waals surface area (Å²) in [5, 5.41) is 6.91. The molecule has 0 aliphatic heterocycles. The molecule has 0 atom stereocenters. The van der Waals surface area contributed by atoms with Gasteiger partial charge in [-0.3, -0.25) is 9.48 Å². The van der Waals surface area contributed by atoms with Crippen LogP contribution in [0.25, 0.3) is 21.8 Å². The lowest BCUT2D eigenvalue weighted by Crippen LogP contribution is -2.13. The number of aryl methyl sites for hydroxylation is 1. The largest absolute Gasteiger partial charge is 0.364 e. The van der Waals surface area contributed by atoms with Gasteiger partial charge in [-0.25, -0.2) is 13.8 Å². The van der Waals surface area contributed by atoms with E-state index in [0.29, 0.717) is 5.69 Å². The summed E-state index contributed by atoms with van der Waals surface area (Å²) in [6.45, 7) is 1.73. The number of nitrogens with zero attached hydrogens (tertiary/aromatic N) is 3. The maximum atomic E-state index is 14.2. The van der Waals surface area contributed by atoms with E-state index in [2.05, 4.69) is 10.1 Å². The van der Waals surface area contributed by atoms with Crippen LogP contribution in [-0.4, -0.2) is 20.7 Å². The minimum absolute atomic E-state index is 0.0239. The highest BCUT2D eigenvalue weighted by molar-refractivity contribution is 7.13. The van der Waals surface area contributed by atoms with Crippen molar-refractivity contribution in [1.82, 2.24) is 14.8 Å². The SMILES string of the molecule is Cc1ccc(-c2nccs2)cc1-c1cc(C(N)=O)nn1Cc1c(F)cccc1F. The summed E-state index contributed by atoms with van der Waals surface area (Å²) in [5.41, 5.74) is 8.41. The first-order chi connectivity index (χ1) is 13.9. The summed E-state index contributed by atoms with van der Waals surface area (Å²) in [4.78, 5) is 16.0. The second-order valence-electron chi connectivity index (χ2n) is 6.50. The van der Waals surface area contributed by atoms with Crippen molar-refractivity contribution in [1.29, 1.82) is 0 Å². The minimum atomic E-state index is -0.715. The average molecular weight is 410 g/mol. The number of nitrogens with two attached hydrogens (primary N) is 1. The van der Waals surface area contributed by atoms with Crippen molar-refractivity contribution >= 4 is 17.2 Å². The molecule has 0 spiro atoms. The van der Waals surface area contributed by atoms with Gasteiger partial charge in [0, 0.05) is 28.3 Å². The lowest BCUT2D eigenvalue weighted by atomic mass is 10.0. The zero-order chi connectivity index (χ0) is 20.5. The lowest BCUT2D eigenvalue weighted by molar-refractivity contribution is 0.0995. The van der Waals surface area contributed by atoms with Gasteiger partial charge in [-0.1, -0.05) is 18.2 Å². The first-order valence-electron chi connectivity index (χ1n) is 8.75. The molecule has 0 aliphatic carbocycles. The molecule has 0 saturated carbocycles. The number of thiazole rings is 1. The van der Waals surface area contributed by atoms with Crippen LogP contribution in [0.3, 0.4) is 0 Å². The van der Waals surface area contributed by atoms with E-state index in [9.17, 15) is 13.6 Å². The van der Waals surface area contributed by atoms with E-state index in [1.807, 2.05) is 30.5 Å². The van der Waals surface area contributed by atoms with Crippen LogP contribution in [0.5, 0.6) is 0 Å². The number of hydrogen-bond acceptors (Lipinski definition) is 4. The Labute approximate surface area is 169 Å². The summed E-state index contributed by atoms with van der Waals surface area (Å²) in [7, 11) is 0. The van der Waals surface area contributed by atoms with Crippen LogP contribution in [0.1, 0.15) is 21.6 Å². The number of rotatable bonds is 5. The average Bonchev–Trinajstić information content (AvgIpc) is 3.35. The number of aromatic nitrogens is 3. The van der Waals surface area contributed by atoms with Gasteiger partial charge >= 0.3 is 0 Å². The summed E-state index contributed by atoms with van der Waals surface area (Å²) < 4.78 is 29.8. The van der Waals surface area contributed by atoms with E-state index in [1.165, 1.54) is 40.3 Å². The highest BCUT2D eigenvalue weighted by atomic mass is 32.1. The van der Waals surface area contributed by atoms with E-state index >= 15 is 0 Å². The van der Waals surface area contributed by atoms with Gasteiger partial charge < -0.3 is 5.73 Å². The summed E-state index contributed by atoms with van der Waals surface area (Å²) in [6.07, 6.45) is 1.72. The molecule has 2 aromatic carbocycles. The van der Waals surface area contributed by atoms with E-state index in [-0.39, 0.29) is 17.8 Å². The number of benzene rings is 2. The molecule has 2 N–H and O–H groups in total. The molecule has 2 aromatic heterocycles. The van der Waals surface area contributed by atoms with Crippen molar-refractivity contribution < 1.29 is 13.6 Å². The van der Waals surface area contributed by atoms with E-state index in [4.69, 9.17) is 5.73 Å². The quantitative estimate of drug-likeness (QED) is 0.530. The van der Waals surface area contributed by atoms with Crippen LogP contribution >= 0.6 is 11.3 Å². The second-order valence-corrected chi connectivity index (χ2v) is 7.40. The molecule has 2 heterocycles. The first-order valence-corrected chi connectivity index (χ1v) is 9.63. The van der Waals surface area contributed by atoms with Gasteiger partial charge in [0.1, 0.15) is 16.6 Å². The van der Waals surface area contributed by atoms with Crippen molar-refractivity contribution in [2.75, 3.05) is 0 Å². The molecule has 0 aliphatic rings. The lowest BCUT2D eigenvalue weighted by Gasteiger charge is -2.12. The molecule has 0 fully saturated rings. The van der Waals surface area contributed by atoms with Crippen molar-refractivity contribution in [2.24, 2.45) is 5.73 Å². The summed E-state index contributed by atoms with van der Waals surface area (Å²) in [6, 6.07) is 11.0. The van der Waals surface area contributed by atoms with Gasteiger partial charge in [-0.15, -0.1) is 11.3 Å². The van der Waals surface area contributed by atoms with E-state index in [1.54, 1.807) is 6.20 Å². The number of hydrogen-bond donors (Lipinski definition) is 1. The molecule has 4 aromatic rings. The van der Waals surface area contributed by atoms with Gasteiger partial charge in [-0.05, 0) is 36.8 Å². The summed E-state index contributed by atoms with van der Waals surface area (Å²) in [5.74, 6) is -2.08. The number of primary amides is 1. The molecule has 0 bridgehead atoms. The molecule has 1 amide bonds. The van der Waals surface area contributed by atoms with Crippen LogP contribution in [0.4, 0.5) is 8.78 Å². The van der Waals surface area contributed by atoms with Gasteiger partial charge in [-0.2, -0.15) is 5.10 Å². The maximum Gasteiger partial charge on any atom is 0.269 e. The third-order valence-corrected chi connectivity index (χ3v) is 5.42. The maximum absolute atomic E-state index is 14.2. The molecule has 0 radical (unpaired) electrons. The molecule has 8 heteroatoms. The van der Waals surface area contributed by atoms with E-state index in [0.717, 1.165) is 21.7 Å². The Morgan fingerprint density at radius 2 is 1.93 bits per heavy atom. The fourth-order valence-electron chi connectivity index (χ4n) is 3.10. The zero-order valence-electron chi connectivity index (χ0n) is 15.4. The van der Waals surface area contributed by atoms with Crippen LogP contribution in [-0.2, 0) is 6.54 Å². The summed E-state index contributed by atoms with van der Waals surface area (Å²) >= 11 is 1.50. The molecule has 5 nitrogen and oxygen atoms in total. The third kappa shape index (κ3) is 3.66. The molecule has 29 heavy (non-hydrogen) atoms. The Bertz CT molecular complexity index is 1180. The van der Waals surface area contributed by atoms with Crippen molar-refractivity contribution in [3.63, 3.8) is 0 Å². The Morgan fingerprint density at radius 1 is 1.17 bits per heavy atom. The van der Waals surface area contributed by atoms with E-state index < -0.39 is 17.5 Å². The Morgan fingerprint density at radius 3 is 2.59 bits per heavy atom. The second kappa shape index (κ2) is 7.56. The topological polar surface area (TPSA) is 73.8 Å². The van der Waals surface area contributed by atoms with Crippen molar-refractivity contribution in [3.8, 4) is 21.8 Å². The molecular formula is C21H16F2N4OS. The molecular weight excluding hydrogens is 394 g/mol. The predicted molar refractivity (Wildman–Crippen MR) is 107 cm³/mol. The first kappa shape index (κ1) is 18.9. The fourth-order valence-corrected chi connectivity index (χ4v) is 3.74. The predicted octanol–water partition coefficient (Wildman–Crippen LogP) is 4.41. The van der Waals surface area contributed by atoms with Crippen LogP contribution in [0.2, 0.25) is 0 Å². The molecule has 4 rings (SSSR count). The Balaban J connectivity index is 1.86. The smallest absolute Gasteiger partial charge is 0.269 e. The standard InChI is InChI=1S/C21H16F2N4OS/c1-12-5-6-13(21-25-7-8-29-21)9-14(12)19-10-18(20(24)28)26-27(19)11-15-16(22)3-2-4-17(15)23/h2-10H,11H2,1H3,(H2,24,28). The molecule has 0 unspecified atom stereocenters. The van der Waals surface area contributed by atoms with Crippen molar-refractivity contribution in [2.45, 2.75) is 13.5 Å². The third-order valence-electron chi connectivity index (χ3n) is 4.59. The van der Waals surface area contributed by atoms with Gasteiger partial charge in [0.2, 0.25) is 0 Å². The van der Waals surface area contributed by atoms with Gasteiger partial charge in [0.25, 0.3) is 5.91 Å². The van der Waals surface area contributed by atoms with Gasteiger partial charge in [0.15, 0.2) is 5.69 Å². The highest BCUT2D eigenvalue weighted by Crippen LogP contribution is 2.31. The number of carbonyl (C=O) groups is 1. The molecule has 146 valence electrons. The Kier molecular flexibility index (Phi) is 4.94. The Hall–Kier alpha value is -3.39. The van der Waals surface area contributed by atoms with Crippen LogP contribution in [0.15, 0.2) is 54.0 Å². The van der Waals surface area contributed by atoms with Crippen LogP contribution in [0, 0.1) is 18.6 Å². The zero-order valence-corrected chi connectivity index (χ0v) is 16.2. The number of amides is 1. The molecule has 0 saturated heterocycles. The highest BCUT2D eigenvalue weighted by Gasteiger charge is 2.19. The number of halogens is 2. The van der Waals surface area contributed by atoms with Gasteiger partial charge in [0.05, 0.1) is 12.2 Å². The fraction of sp³-hybridized carbons (Fsp3) is 0.0952. The normalized spacial score (nSPS) is 11.0. The van der Waals surface area contributed by atoms with Crippen LogP contribution < -0.4 is 5.73 Å². The number of carbonyl (C=O) groups excluding carboxylic acids is 1. The monoisotopic (exact) mass is 410 g/mol. The minimum Gasteiger partial charge on any atom is -0.364 e. The van der Waals surface area contributed by atoms with Crippen molar-refractivity contribution in [3.05, 3.63) is 82.5 Å².